The van der Waals surface area contributed by atoms with Crippen molar-refractivity contribution in [3.05, 3.63) is 53.6 Å². The maximum Gasteiger partial charge on any atom is 0.248 e. The second kappa shape index (κ2) is 12.2. The van der Waals surface area contributed by atoms with E-state index in [1.165, 1.54) is 0 Å². The molecule has 226 valence electrons. The number of carbonyl (C=O) groups is 3. The van der Waals surface area contributed by atoms with Gasteiger partial charge in [-0.25, -0.2) is 0 Å². The van der Waals surface area contributed by atoms with E-state index in [2.05, 4.69) is 26.6 Å². The highest BCUT2D eigenvalue weighted by atomic mass is 79.9. The Balaban J connectivity index is 1.52. The molecule has 0 aliphatic carbocycles. The summed E-state index contributed by atoms with van der Waals surface area (Å²) >= 11 is 5.41. The van der Waals surface area contributed by atoms with Crippen LogP contribution in [0.5, 0.6) is 5.75 Å². The summed E-state index contributed by atoms with van der Waals surface area (Å²) in [5.41, 5.74) is 3.22. The smallest absolute Gasteiger partial charge is 0.248 e. The number of carbonyl (C=O) groups excluding carboxylic acids is 3. The molecule has 3 amide bonds. The van der Waals surface area contributed by atoms with Gasteiger partial charge in [0.05, 0.1) is 35.8 Å². The molecule has 10 heteroatoms. The highest BCUT2D eigenvalue weighted by Crippen LogP contribution is 2.68. The predicted molar refractivity (Wildman–Crippen MR) is 170 cm³/mol. The van der Waals surface area contributed by atoms with Gasteiger partial charge in [-0.15, -0.1) is 11.8 Å². The first kappa shape index (κ1) is 30.9. The minimum atomic E-state index is -0.830. The molecular formula is C32H40BrN3O5S. The molecule has 3 saturated heterocycles. The molecule has 0 radical (unpaired) electrons. The number of aliphatic hydroxyl groups is 1. The Morgan fingerprint density at radius 2 is 1.79 bits per heavy atom. The SMILES string of the molecule is CCOc1ccc(NC(=O)[C@H]2[C@H]3C(=O)N([C@@H](CO)CC(C)C)C(C(=O)Nc4c(C)cccc4C)C34CC(Br)[C@@H]2S4)cc1. The summed E-state index contributed by atoms with van der Waals surface area (Å²) in [7, 11) is 0. The lowest BCUT2D eigenvalue weighted by Crippen LogP contribution is -2.55. The number of para-hydroxylation sites is 1. The zero-order chi connectivity index (χ0) is 30.3. The van der Waals surface area contributed by atoms with Gasteiger partial charge in [0.25, 0.3) is 0 Å². The molecule has 5 rings (SSSR count). The van der Waals surface area contributed by atoms with Crippen LogP contribution in [-0.4, -0.2) is 67.8 Å². The van der Waals surface area contributed by atoms with E-state index in [0.29, 0.717) is 30.9 Å². The lowest BCUT2D eigenvalue weighted by molar-refractivity contribution is -0.141. The molecule has 0 saturated carbocycles. The lowest BCUT2D eigenvalue weighted by atomic mass is 9.70. The number of aliphatic hydroxyl groups excluding tert-OH is 1. The molecule has 1 spiro atoms. The van der Waals surface area contributed by atoms with Crippen LogP contribution in [0.15, 0.2) is 42.5 Å². The van der Waals surface area contributed by atoms with Crippen molar-refractivity contribution in [1.29, 1.82) is 0 Å². The van der Waals surface area contributed by atoms with E-state index in [1.807, 2.05) is 52.8 Å². The summed E-state index contributed by atoms with van der Waals surface area (Å²) in [6, 6.07) is 11.7. The van der Waals surface area contributed by atoms with Crippen LogP contribution in [0.3, 0.4) is 0 Å². The number of halogens is 1. The number of alkyl halides is 1. The molecule has 8 nitrogen and oxygen atoms in total. The molecule has 7 atom stereocenters. The molecule has 42 heavy (non-hydrogen) atoms. The molecule has 0 aromatic heterocycles. The molecular weight excluding hydrogens is 618 g/mol. The maximum atomic E-state index is 14.5. The van der Waals surface area contributed by atoms with Crippen molar-refractivity contribution < 1.29 is 24.2 Å². The predicted octanol–water partition coefficient (Wildman–Crippen LogP) is 5.15. The van der Waals surface area contributed by atoms with Gasteiger partial charge in [-0.1, -0.05) is 48.0 Å². The normalized spacial score (nSPS) is 28.6. The van der Waals surface area contributed by atoms with Crippen LogP contribution < -0.4 is 15.4 Å². The number of hydrogen-bond acceptors (Lipinski definition) is 6. The number of benzene rings is 2. The first-order valence-corrected chi connectivity index (χ1v) is 16.5. The Kier molecular flexibility index (Phi) is 8.98. The van der Waals surface area contributed by atoms with Gasteiger partial charge in [-0.05, 0) is 74.9 Å². The van der Waals surface area contributed by atoms with E-state index < -0.39 is 28.7 Å². The van der Waals surface area contributed by atoms with Gasteiger partial charge in [0.1, 0.15) is 11.8 Å². The van der Waals surface area contributed by atoms with Crippen LogP contribution in [0, 0.1) is 31.6 Å². The number of nitrogens with zero attached hydrogens (tertiary/aromatic N) is 1. The molecule has 3 fully saturated rings. The number of thioether (sulfide) groups is 1. The third-order valence-corrected chi connectivity index (χ3v) is 12.0. The number of rotatable bonds is 10. The fraction of sp³-hybridized carbons (Fsp3) is 0.531. The van der Waals surface area contributed by atoms with Gasteiger partial charge in [0, 0.05) is 21.5 Å². The van der Waals surface area contributed by atoms with Gasteiger partial charge in [0.2, 0.25) is 17.7 Å². The van der Waals surface area contributed by atoms with Crippen molar-refractivity contribution >= 4 is 56.8 Å². The van der Waals surface area contributed by atoms with E-state index in [4.69, 9.17) is 4.74 Å². The van der Waals surface area contributed by atoms with Gasteiger partial charge in [0.15, 0.2) is 0 Å². The van der Waals surface area contributed by atoms with E-state index in [1.54, 1.807) is 40.9 Å². The van der Waals surface area contributed by atoms with Crippen molar-refractivity contribution in [2.45, 2.75) is 74.4 Å². The Bertz CT molecular complexity index is 1330. The lowest BCUT2D eigenvalue weighted by Gasteiger charge is -2.38. The zero-order valence-electron chi connectivity index (χ0n) is 24.7. The van der Waals surface area contributed by atoms with Crippen LogP contribution >= 0.6 is 27.7 Å². The average molecular weight is 659 g/mol. The average Bonchev–Trinajstić information content (AvgIpc) is 3.54. The standard InChI is InChI=1S/C32H40BrN3O5S/c1-6-41-22-12-10-20(11-13-22)34-29(38)24-25-31(40)36(21(16-37)14-17(2)3)28(32(25)15-23(33)27(24)42-32)30(39)35-26-18(4)8-7-9-19(26)5/h7-13,17,21,23-25,27-28,37H,6,14-16H2,1-5H3,(H,34,38)(H,35,39)/t21-,23?,24+,25+,27+,28?,32?/m1/s1. The summed E-state index contributed by atoms with van der Waals surface area (Å²) in [6.07, 6.45) is 1.12. The molecule has 2 aromatic rings. The Morgan fingerprint density at radius 3 is 2.38 bits per heavy atom. The Morgan fingerprint density at radius 1 is 1.12 bits per heavy atom. The number of likely N-dealkylation sites (tertiary alicyclic amines) is 1. The number of anilines is 2. The van der Waals surface area contributed by atoms with Crippen molar-refractivity contribution in [1.82, 2.24) is 4.90 Å². The first-order chi connectivity index (χ1) is 20.0. The highest BCUT2D eigenvalue weighted by Gasteiger charge is 2.76. The minimum absolute atomic E-state index is 0.0456. The quantitative estimate of drug-likeness (QED) is 0.305. The second-order valence-electron chi connectivity index (χ2n) is 12.1. The number of fused-ring (bicyclic) bond motifs is 1. The van der Waals surface area contributed by atoms with Crippen LogP contribution in [0.2, 0.25) is 0 Å². The molecule has 2 bridgehead atoms. The fourth-order valence-electron chi connectivity index (χ4n) is 7.11. The van der Waals surface area contributed by atoms with Gasteiger partial charge in [-0.2, -0.15) is 0 Å². The topological polar surface area (TPSA) is 108 Å². The summed E-state index contributed by atoms with van der Waals surface area (Å²) in [6.45, 7) is 10.2. The Labute approximate surface area is 260 Å². The minimum Gasteiger partial charge on any atom is -0.494 e. The van der Waals surface area contributed by atoms with E-state index >= 15 is 0 Å². The zero-order valence-corrected chi connectivity index (χ0v) is 27.1. The van der Waals surface area contributed by atoms with Crippen molar-refractivity contribution in [3.63, 3.8) is 0 Å². The van der Waals surface area contributed by atoms with Gasteiger partial charge >= 0.3 is 0 Å². The largest absolute Gasteiger partial charge is 0.494 e. The van der Waals surface area contributed by atoms with E-state index in [0.717, 1.165) is 16.8 Å². The van der Waals surface area contributed by atoms with Gasteiger partial charge < -0.3 is 25.4 Å². The van der Waals surface area contributed by atoms with Crippen molar-refractivity contribution in [3.8, 4) is 5.75 Å². The number of hydrogen-bond donors (Lipinski definition) is 3. The highest BCUT2D eigenvalue weighted by molar-refractivity contribution is 9.09. The number of amides is 3. The van der Waals surface area contributed by atoms with Crippen LogP contribution in [0.25, 0.3) is 0 Å². The number of nitrogens with one attached hydrogen (secondary N) is 2. The number of aryl methyl sites for hydroxylation is 2. The number of ether oxygens (including phenoxy) is 1. The second-order valence-corrected chi connectivity index (χ2v) is 14.8. The third-order valence-electron chi connectivity index (χ3n) is 8.79. The van der Waals surface area contributed by atoms with Gasteiger partial charge in [-0.3, -0.25) is 14.4 Å². The van der Waals surface area contributed by atoms with Crippen molar-refractivity contribution in [2.75, 3.05) is 23.8 Å². The third kappa shape index (κ3) is 5.35. The van der Waals surface area contributed by atoms with Crippen LogP contribution in [0.1, 0.15) is 44.7 Å². The molecule has 3 aliphatic rings. The molecule has 2 aromatic carbocycles. The van der Waals surface area contributed by atoms with Crippen LogP contribution in [0.4, 0.5) is 11.4 Å². The maximum absolute atomic E-state index is 14.5. The molecule has 3 heterocycles. The monoisotopic (exact) mass is 657 g/mol. The first-order valence-electron chi connectivity index (χ1n) is 14.7. The van der Waals surface area contributed by atoms with Crippen molar-refractivity contribution in [2.24, 2.45) is 17.8 Å². The van der Waals surface area contributed by atoms with Crippen LogP contribution in [-0.2, 0) is 14.4 Å². The summed E-state index contributed by atoms with van der Waals surface area (Å²) in [5, 5.41) is 16.5. The summed E-state index contributed by atoms with van der Waals surface area (Å²) < 4.78 is 4.72. The van der Waals surface area contributed by atoms with E-state index in [-0.39, 0.29) is 40.3 Å². The summed E-state index contributed by atoms with van der Waals surface area (Å²) in [4.78, 5) is 44.3. The summed E-state index contributed by atoms with van der Waals surface area (Å²) in [5.74, 6) is -1.14. The molecule has 3 aliphatic heterocycles. The fourth-order valence-corrected chi connectivity index (χ4v) is 10.7. The molecule has 3 N–H and O–H groups in total. The Hall–Kier alpha value is -2.56. The molecule has 3 unspecified atom stereocenters. The van der Waals surface area contributed by atoms with E-state index in [9.17, 15) is 19.5 Å².